The van der Waals surface area contributed by atoms with Crippen LogP contribution < -0.4 is 0 Å². The topological polar surface area (TPSA) is 0 Å². The molecule has 0 aliphatic heterocycles. The van der Waals surface area contributed by atoms with Crippen LogP contribution in [0.1, 0.15) is 56.2 Å². The van der Waals surface area contributed by atoms with Crippen molar-refractivity contribution >= 4 is 0 Å². The molecule has 1 aromatic carbocycles. The summed E-state index contributed by atoms with van der Waals surface area (Å²) >= 11 is 0. The molecule has 0 heterocycles. The molecule has 0 heteroatoms. The Balaban J connectivity index is 0.000000461. The molecule has 0 aromatic heterocycles. The summed E-state index contributed by atoms with van der Waals surface area (Å²) in [6.45, 7) is 8.52. The maximum Gasteiger partial charge on any atom is -0.0188 e. The van der Waals surface area contributed by atoms with E-state index in [0.29, 0.717) is 0 Å². The number of rotatable bonds is 0. The highest BCUT2D eigenvalue weighted by molar-refractivity contribution is 5.35. The zero-order valence-electron chi connectivity index (χ0n) is 9.93. The Morgan fingerprint density at radius 2 is 1.93 bits per heavy atom. The molecule has 0 saturated carbocycles. The lowest BCUT2D eigenvalue weighted by Gasteiger charge is -2.22. The summed E-state index contributed by atoms with van der Waals surface area (Å²) < 4.78 is 0. The van der Waals surface area contributed by atoms with Crippen LogP contribution in [0.4, 0.5) is 0 Å². The third kappa shape index (κ3) is 2.37. The molecule has 0 spiro atoms. The van der Waals surface area contributed by atoms with E-state index in [-0.39, 0.29) is 0 Å². The molecule has 14 heavy (non-hydrogen) atoms. The van der Waals surface area contributed by atoms with E-state index in [1.807, 2.05) is 13.8 Å². The van der Waals surface area contributed by atoms with Crippen molar-refractivity contribution in [1.82, 2.24) is 0 Å². The van der Waals surface area contributed by atoms with Crippen LogP contribution >= 0.6 is 0 Å². The zero-order valence-corrected chi connectivity index (χ0v) is 9.93. The molecule has 2 rings (SSSR count). The minimum Gasteiger partial charge on any atom is -0.0683 e. The Morgan fingerprint density at radius 1 is 1.21 bits per heavy atom. The lowest BCUT2D eigenvalue weighted by atomic mass is 9.83. The van der Waals surface area contributed by atoms with E-state index < -0.39 is 0 Å². The Labute approximate surface area is 88.4 Å². The summed E-state index contributed by atoms with van der Waals surface area (Å²) in [5.41, 5.74) is 4.59. The van der Waals surface area contributed by atoms with Crippen molar-refractivity contribution in [2.24, 2.45) is 0 Å². The summed E-state index contributed by atoms with van der Waals surface area (Å²) in [4.78, 5) is 0. The summed E-state index contributed by atoms with van der Waals surface area (Å²) in [5, 5.41) is 0. The first-order chi connectivity index (χ1) is 6.77. The van der Waals surface area contributed by atoms with Gasteiger partial charge in [-0.25, -0.2) is 0 Å². The first-order valence-electron chi connectivity index (χ1n) is 5.87. The van der Waals surface area contributed by atoms with Crippen LogP contribution in [-0.4, -0.2) is 0 Å². The van der Waals surface area contributed by atoms with E-state index in [4.69, 9.17) is 0 Å². The maximum absolute atomic E-state index is 2.35. The highest BCUT2D eigenvalue weighted by Gasteiger charge is 2.15. The molecular weight excluding hydrogens is 168 g/mol. The third-order valence-corrected chi connectivity index (χ3v) is 2.91. The normalized spacial score (nSPS) is 19.3. The average Bonchev–Trinajstić information content (AvgIpc) is 2.21. The van der Waals surface area contributed by atoms with Gasteiger partial charge in [-0.1, -0.05) is 44.5 Å². The highest BCUT2D eigenvalue weighted by Crippen LogP contribution is 2.31. The lowest BCUT2D eigenvalue weighted by molar-refractivity contribution is 0.590. The van der Waals surface area contributed by atoms with Gasteiger partial charge in [0, 0.05) is 0 Å². The van der Waals surface area contributed by atoms with E-state index in [0.717, 1.165) is 5.92 Å². The second kappa shape index (κ2) is 5.19. The van der Waals surface area contributed by atoms with Gasteiger partial charge in [-0.05, 0) is 43.2 Å². The number of hydrogen-bond donors (Lipinski definition) is 0. The molecule has 0 bridgehead atoms. The van der Waals surface area contributed by atoms with Gasteiger partial charge >= 0.3 is 0 Å². The SMILES string of the molecule is CC.Cc1ccc2c(c1)CCCC2C. The van der Waals surface area contributed by atoms with Crippen molar-refractivity contribution in [2.75, 3.05) is 0 Å². The van der Waals surface area contributed by atoms with Gasteiger partial charge in [-0.15, -0.1) is 0 Å². The van der Waals surface area contributed by atoms with E-state index in [9.17, 15) is 0 Å². The molecule has 78 valence electrons. The fraction of sp³-hybridized carbons (Fsp3) is 0.571. The molecule has 1 unspecified atom stereocenters. The molecule has 1 aliphatic carbocycles. The van der Waals surface area contributed by atoms with Crippen LogP contribution in [0.5, 0.6) is 0 Å². The van der Waals surface area contributed by atoms with Crippen molar-refractivity contribution in [3.63, 3.8) is 0 Å². The number of hydrogen-bond acceptors (Lipinski definition) is 0. The van der Waals surface area contributed by atoms with Gasteiger partial charge in [0.05, 0.1) is 0 Å². The van der Waals surface area contributed by atoms with Crippen molar-refractivity contribution in [1.29, 1.82) is 0 Å². The number of benzene rings is 1. The largest absolute Gasteiger partial charge is 0.0683 e. The van der Waals surface area contributed by atoms with Crippen LogP contribution in [0.2, 0.25) is 0 Å². The van der Waals surface area contributed by atoms with Crippen LogP contribution in [-0.2, 0) is 6.42 Å². The van der Waals surface area contributed by atoms with E-state index >= 15 is 0 Å². The van der Waals surface area contributed by atoms with Gasteiger partial charge in [0.2, 0.25) is 0 Å². The van der Waals surface area contributed by atoms with Gasteiger partial charge in [-0.2, -0.15) is 0 Å². The standard InChI is InChI=1S/C12H16.C2H6/c1-9-6-7-12-10(2)4-3-5-11(12)8-9;1-2/h6-8,10H,3-5H2,1-2H3;1-2H3. The first kappa shape index (κ1) is 11.3. The lowest BCUT2D eigenvalue weighted by Crippen LogP contribution is -2.06. The monoisotopic (exact) mass is 190 g/mol. The van der Waals surface area contributed by atoms with Gasteiger partial charge < -0.3 is 0 Å². The first-order valence-corrected chi connectivity index (χ1v) is 5.87. The van der Waals surface area contributed by atoms with Crippen LogP contribution in [0, 0.1) is 6.92 Å². The minimum absolute atomic E-state index is 0.786. The Hall–Kier alpha value is -0.780. The van der Waals surface area contributed by atoms with Crippen molar-refractivity contribution < 1.29 is 0 Å². The summed E-state index contributed by atoms with van der Waals surface area (Å²) in [5.74, 6) is 0.786. The van der Waals surface area contributed by atoms with Crippen LogP contribution in [0.25, 0.3) is 0 Å². The highest BCUT2D eigenvalue weighted by atomic mass is 14.2. The fourth-order valence-electron chi connectivity index (χ4n) is 2.19. The number of fused-ring (bicyclic) bond motifs is 1. The maximum atomic E-state index is 2.35. The Bertz CT molecular complexity index is 286. The third-order valence-electron chi connectivity index (χ3n) is 2.91. The van der Waals surface area contributed by atoms with Crippen molar-refractivity contribution in [3.8, 4) is 0 Å². The molecule has 0 amide bonds. The number of aryl methyl sites for hydroxylation is 2. The second-order valence-corrected chi connectivity index (χ2v) is 4.00. The quantitative estimate of drug-likeness (QED) is 0.566. The predicted octanol–water partition coefficient (Wildman–Crippen LogP) is 4.46. The van der Waals surface area contributed by atoms with E-state index in [2.05, 4.69) is 32.0 Å². The zero-order chi connectivity index (χ0) is 10.6. The molecule has 0 fully saturated rings. The Morgan fingerprint density at radius 3 is 2.64 bits per heavy atom. The van der Waals surface area contributed by atoms with Gasteiger partial charge in [0.1, 0.15) is 0 Å². The molecule has 1 aromatic rings. The smallest absolute Gasteiger partial charge is 0.0188 e. The van der Waals surface area contributed by atoms with Gasteiger partial charge in [0.15, 0.2) is 0 Å². The minimum atomic E-state index is 0.786. The summed E-state index contributed by atoms with van der Waals surface area (Å²) in [7, 11) is 0. The fourth-order valence-corrected chi connectivity index (χ4v) is 2.19. The second-order valence-electron chi connectivity index (χ2n) is 4.00. The summed E-state index contributed by atoms with van der Waals surface area (Å²) in [6.07, 6.45) is 4.04. The van der Waals surface area contributed by atoms with E-state index in [1.54, 1.807) is 11.1 Å². The summed E-state index contributed by atoms with van der Waals surface area (Å²) in [6, 6.07) is 6.90. The predicted molar refractivity (Wildman–Crippen MR) is 63.9 cm³/mol. The van der Waals surface area contributed by atoms with E-state index in [1.165, 1.54) is 24.8 Å². The molecule has 0 nitrogen and oxygen atoms in total. The molecule has 1 atom stereocenters. The van der Waals surface area contributed by atoms with Gasteiger partial charge in [0.25, 0.3) is 0 Å². The molecule has 0 N–H and O–H groups in total. The van der Waals surface area contributed by atoms with Gasteiger partial charge in [-0.3, -0.25) is 0 Å². The Kier molecular flexibility index (Phi) is 4.19. The molecule has 0 radical (unpaired) electrons. The molecule has 1 aliphatic rings. The van der Waals surface area contributed by atoms with Crippen LogP contribution in [0.3, 0.4) is 0 Å². The van der Waals surface area contributed by atoms with Crippen molar-refractivity contribution in [2.45, 2.75) is 52.9 Å². The van der Waals surface area contributed by atoms with Crippen LogP contribution in [0.15, 0.2) is 18.2 Å². The molecule has 0 saturated heterocycles. The van der Waals surface area contributed by atoms with Crippen molar-refractivity contribution in [3.05, 3.63) is 34.9 Å². The average molecular weight is 190 g/mol. The molecular formula is C14H22.